The predicted octanol–water partition coefficient (Wildman–Crippen LogP) is 4.05. The Kier molecular flexibility index (Phi) is 3.11. The van der Waals surface area contributed by atoms with Crippen LogP contribution in [0.1, 0.15) is 29.5 Å². The molecule has 0 bridgehead atoms. The molecular formula is C18H19N3. The minimum absolute atomic E-state index is 0.835. The SMILES string of the molecule is c1cc2c(c(NCc3c[nH]c4ncccc34)c1)CCCC2. The molecule has 0 spiro atoms. The first-order valence-electron chi connectivity index (χ1n) is 7.67. The fourth-order valence-corrected chi connectivity index (χ4v) is 3.30. The molecular weight excluding hydrogens is 258 g/mol. The topological polar surface area (TPSA) is 40.7 Å². The molecule has 2 aromatic heterocycles. The molecule has 0 saturated carbocycles. The summed E-state index contributed by atoms with van der Waals surface area (Å²) in [5.41, 5.74) is 6.56. The van der Waals surface area contributed by atoms with Crippen LogP contribution in [0.25, 0.3) is 11.0 Å². The highest BCUT2D eigenvalue weighted by atomic mass is 14.9. The Morgan fingerprint density at radius 1 is 1.10 bits per heavy atom. The first-order chi connectivity index (χ1) is 10.4. The highest BCUT2D eigenvalue weighted by Crippen LogP contribution is 2.28. The van der Waals surface area contributed by atoms with Gasteiger partial charge in [-0.3, -0.25) is 0 Å². The van der Waals surface area contributed by atoms with Crippen LogP contribution in [-0.2, 0) is 19.4 Å². The molecule has 3 aromatic rings. The third-order valence-electron chi connectivity index (χ3n) is 4.40. The Labute approximate surface area is 124 Å². The van der Waals surface area contributed by atoms with Crippen molar-refractivity contribution >= 4 is 16.7 Å². The van der Waals surface area contributed by atoms with Crippen LogP contribution in [0.15, 0.2) is 42.7 Å². The number of aromatic nitrogens is 2. The van der Waals surface area contributed by atoms with Crippen LogP contribution in [0, 0.1) is 0 Å². The number of hydrogen-bond donors (Lipinski definition) is 2. The van der Waals surface area contributed by atoms with Crippen LogP contribution >= 0.6 is 0 Å². The molecule has 3 nitrogen and oxygen atoms in total. The van der Waals surface area contributed by atoms with Crippen molar-refractivity contribution in [1.82, 2.24) is 9.97 Å². The molecule has 0 aliphatic heterocycles. The molecule has 0 radical (unpaired) electrons. The fraction of sp³-hybridized carbons (Fsp3) is 0.278. The summed E-state index contributed by atoms with van der Waals surface area (Å²) in [6.07, 6.45) is 8.94. The van der Waals surface area contributed by atoms with Gasteiger partial charge in [0.2, 0.25) is 0 Å². The van der Waals surface area contributed by atoms with Gasteiger partial charge < -0.3 is 10.3 Å². The molecule has 0 amide bonds. The zero-order valence-corrected chi connectivity index (χ0v) is 12.0. The van der Waals surface area contributed by atoms with Crippen molar-refractivity contribution in [3.63, 3.8) is 0 Å². The van der Waals surface area contributed by atoms with Crippen LogP contribution in [-0.4, -0.2) is 9.97 Å². The van der Waals surface area contributed by atoms with Gasteiger partial charge in [-0.1, -0.05) is 12.1 Å². The maximum atomic E-state index is 4.34. The van der Waals surface area contributed by atoms with Crippen molar-refractivity contribution in [2.75, 3.05) is 5.32 Å². The third kappa shape index (κ3) is 2.29. The molecule has 21 heavy (non-hydrogen) atoms. The average molecular weight is 277 g/mol. The number of nitrogens with one attached hydrogen (secondary N) is 2. The largest absolute Gasteiger partial charge is 0.381 e. The molecule has 1 aliphatic rings. The number of aryl methyl sites for hydroxylation is 1. The number of nitrogens with zero attached hydrogens (tertiary/aromatic N) is 1. The first kappa shape index (κ1) is 12.5. The van der Waals surface area contributed by atoms with E-state index in [1.54, 1.807) is 0 Å². The normalized spacial score (nSPS) is 14.1. The van der Waals surface area contributed by atoms with Gasteiger partial charge in [0.25, 0.3) is 0 Å². The molecule has 0 atom stereocenters. The Morgan fingerprint density at radius 3 is 3.05 bits per heavy atom. The van der Waals surface area contributed by atoms with Crippen LogP contribution in [0.3, 0.4) is 0 Å². The van der Waals surface area contributed by atoms with Gasteiger partial charge in [-0.05, 0) is 60.6 Å². The van der Waals surface area contributed by atoms with Crippen molar-refractivity contribution in [2.45, 2.75) is 32.2 Å². The average Bonchev–Trinajstić information content (AvgIpc) is 2.96. The molecule has 0 fully saturated rings. The van der Waals surface area contributed by atoms with Gasteiger partial charge in [-0.15, -0.1) is 0 Å². The lowest BCUT2D eigenvalue weighted by molar-refractivity contribution is 0.686. The summed E-state index contributed by atoms with van der Waals surface area (Å²) in [5, 5.41) is 4.82. The second kappa shape index (κ2) is 5.24. The smallest absolute Gasteiger partial charge is 0.137 e. The molecule has 1 aromatic carbocycles. The molecule has 106 valence electrons. The number of pyridine rings is 1. The van der Waals surface area contributed by atoms with E-state index in [4.69, 9.17) is 0 Å². The van der Waals surface area contributed by atoms with Crippen molar-refractivity contribution in [1.29, 1.82) is 0 Å². The van der Waals surface area contributed by atoms with E-state index in [1.165, 1.54) is 53.4 Å². The molecule has 1 aliphatic carbocycles. The van der Waals surface area contributed by atoms with E-state index >= 15 is 0 Å². The lowest BCUT2D eigenvalue weighted by atomic mass is 9.90. The standard InChI is InChI=1S/C18H19N3/c1-2-7-15-13(5-1)6-3-9-17(15)20-11-14-12-21-18-16(14)8-4-10-19-18/h3-4,6,8-10,12,20H,1-2,5,7,11H2,(H,19,21). The summed E-state index contributed by atoms with van der Waals surface area (Å²) >= 11 is 0. The van der Waals surface area contributed by atoms with Crippen molar-refractivity contribution < 1.29 is 0 Å². The molecule has 2 N–H and O–H groups in total. The van der Waals surface area contributed by atoms with Gasteiger partial charge in [0.05, 0.1) is 0 Å². The number of anilines is 1. The second-order valence-electron chi connectivity index (χ2n) is 5.72. The van der Waals surface area contributed by atoms with Crippen molar-refractivity contribution in [3.05, 3.63) is 59.4 Å². The van der Waals surface area contributed by atoms with E-state index < -0.39 is 0 Å². The Balaban J connectivity index is 1.60. The summed E-state index contributed by atoms with van der Waals surface area (Å²) in [5.74, 6) is 0. The number of H-pyrrole nitrogens is 1. The fourth-order valence-electron chi connectivity index (χ4n) is 3.30. The Hall–Kier alpha value is -2.29. The molecule has 2 heterocycles. The summed E-state index contributed by atoms with van der Waals surface area (Å²) < 4.78 is 0. The summed E-state index contributed by atoms with van der Waals surface area (Å²) in [4.78, 5) is 7.58. The van der Waals surface area contributed by atoms with Crippen LogP contribution < -0.4 is 5.32 Å². The van der Waals surface area contributed by atoms with Crippen molar-refractivity contribution in [3.8, 4) is 0 Å². The van der Waals surface area contributed by atoms with E-state index in [2.05, 4.69) is 45.7 Å². The van der Waals surface area contributed by atoms with E-state index in [-0.39, 0.29) is 0 Å². The molecule has 3 heteroatoms. The number of aromatic amines is 1. The second-order valence-corrected chi connectivity index (χ2v) is 5.72. The van der Waals surface area contributed by atoms with Gasteiger partial charge in [-0.25, -0.2) is 4.98 Å². The first-order valence-corrected chi connectivity index (χ1v) is 7.67. The summed E-state index contributed by atoms with van der Waals surface area (Å²) in [7, 11) is 0. The van der Waals surface area contributed by atoms with E-state index in [9.17, 15) is 0 Å². The van der Waals surface area contributed by atoms with Gasteiger partial charge >= 0.3 is 0 Å². The van der Waals surface area contributed by atoms with E-state index in [0.29, 0.717) is 0 Å². The summed E-state index contributed by atoms with van der Waals surface area (Å²) in [6.45, 7) is 0.835. The summed E-state index contributed by atoms with van der Waals surface area (Å²) in [6, 6.07) is 10.8. The Bertz CT molecular complexity index is 773. The van der Waals surface area contributed by atoms with Crippen molar-refractivity contribution in [2.24, 2.45) is 0 Å². The van der Waals surface area contributed by atoms with E-state index in [1.807, 2.05) is 12.3 Å². The molecule has 0 unspecified atom stereocenters. The number of benzene rings is 1. The van der Waals surface area contributed by atoms with Gasteiger partial charge in [0.15, 0.2) is 0 Å². The third-order valence-corrected chi connectivity index (χ3v) is 4.40. The van der Waals surface area contributed by atoms with Gasteiger partial charge in [0, 0.05) is 30.0 Å². The highest BCUT2D eigenvalue weighted by Gasteiger charge is 2.13. The quantitative estimate of drug-likeness (QED) is 0.758. The predicted molar refractivity (Wildman–Crippen MR) is 86.5 cm³/mol. The monoisotopic (exact) mass is 277 g/mol. The zero-order valence-electron chi connectivity index (χ0n) is 12.0. The minimum atomic E-state index is 0.835. The minimum Gasteiger partial charge on any atom is -0.381 e. The number of fused-ring (bicyclic) bond motifs is 2. The Morgan fingerprint density at radius 2 is 2.05 bits per heavy atom. The van der Waals surface area contributed by atoms with Crippen LogP contribution in [0.4, 0.5) is 5.69 Å². The highest BCUT2D eigenvalue weighted by molar-refractivity contribution is 5.79. The van der Waals surface area contributed by atoms with Crippen LogP contribution in [0.5, 0.6) is 0 Å². The number of rotatable bonds is 3. The molecule has 0 saturated heterocycles. The number of hydrogen-bond acceptors (Lipinski definition) is 2. The lowest BCUT2D eigenvalue weighted by Gasteiger charge is -2.20. The van der Waals surface area contributed by atoms with Crippen LogP contribution in [0.2, 0.25) is 0 Å². The van der Waals surface area contributed by atoms with Gasteiger partial charge in [0.1, 0.15) is 5.65 Å². The van der Waals surface area contributed by atoms with Gasteiger partial charge in [-0.2, -0.15) is 0 Å². The lowest BCUT2D eigenvalue weighted by Crippen LogP contribution is -2.08. The van der Waals surface area contributed by atoms with E-state index in [0.717, 1.165) is 12.2 Å². The maximum absolute atomic E-state index is 4.34. The maximum Gasteiger partial charge on any atom is 0.137 e. The molecule has 4 rings (SSSR count). The zero-order chi connectivity index (χ0) is 14.1.